The number of nitrogens with one attached hydrogen (secondary N) is 1. The molecular formula is C18H22FN3O3. The van der Waals surface area contributed by atoms with Crippen molar-refractivity contribution in [3.8, 4) is 0 Å². The van der Waals surface area contributed by atoms with Gasteiger partial charge in [0.2, 0.25) is 11.8 Å². The van der Waals surface area contributed by atoms with Gasteiger partial charge >= 0.3 is 0 Å². The third kappa shape index (κ3) is 3.23. The van der Waals surface area contributed by atoms with Crippen LogP contribution in [0.3, 0.4) is 0 Å². The lowest BCUT2D eigenvalue weighted by molar-refractivity contribution is -0.151. The minimum atomic E-state index is -0.477. The smallest absolute Gasteiger partial charge is 0.251 e. The quantitative estimate of drug-likeness (QED) is 0.870. The highest BCUT2D eigenvalue weighted by molar-refractivity contribution is 5.94. The summed E-state index contributed by atoms with van der Waals surface area (Å²) in [5.74, 6) is -0.988. The number of piperazine rings is 1. The summed E-state index contributed by atoms with van der Waals surface area (Å²) < 4.78 is 13.6. The zero-order valence-electron chi connectivity index (χ0n) is 14.6. The predicted molar refractivity (Wildman–Crippen MR) is 89.4 cm³/mol. The molecule has 25 heavy (non-hydrogen) atoms. The lowest BCUT2D eigenvalue weighted by atomic mass is 10.1. The van der Waals surface area contributed by atoms with Gasteiger partial charge in [0, 0.05) is 31.6 Å². The van der Waals surface area contributed by atoms with Gasteiger partial charge in [0.05, 0.1) is 6.04 Å². The van der Waals surface area contributed by atoms with Crippen LogP contribution in [0.1, 0.15) is 36.2 Å². The van der Waals surface area contributed by atoms with E-state index in [0.717, 1.165) is 0 Å². The molecule has 7 heteroatoms. The van der Waals surface area contributed by atoms with Crippen LogP contribution in [0.4, 0.5) is 4.39 Å². The van der Waals surface area contributed by atoms with Crippen molar-refractivity contribution in [1.82, 2.24) is 15.1 Å². The van der Waals surface area contributed by atoms with E-state index in [4.69, 9.17) is 0 Å². The van der Waals surface area contributed by atoms with E-state index in [-0.39, 0.29) is 35.4 Å². The van der Waals surface area contributed by atoms with Crippen LogP contribution in [0.2, 0.25) is 0 Å². The summed E-state index contributed by atoms with van der Waals surface area (Å²) in [7, 11) is 0. The summed E-state index contributed by atoms with van der Waals surface area (Å²) in [5.41, 5.74) is 0.747. The zero-order chi connectivity index (χ0) is 18.3. The number of carbonyl (C=O) groups excluding carboxylic acids is 3. The minimum Gasteiger partial charge on any atom is -0.347 e. The van der Waals surface area contributed by atoms with E-state index >= 15 is 0 Å². The number of benzene rings is 1. The molecule has 2 aliphatic heterocycles. The van der Waals surface area contributed by atoms with Gasteiger partial charge in [-0.2, -0.15) is 0 Å². The summed E-state index contributed by atoms with van der Waals surface area (Å²) >= 11 is 0. The third-order valence-electron chi connectivity index (χ3n) is 5.10. The van der Waals surface area contributed by atoms with Gasteiger partial charge < -0.3 is 15.1 Å². The average molecular weight is 347 g/mol. The Morgan fingerprint density at radius 3 is 2.64 bits per heavy atom. The fraction of sp³-hybridized carbons (Fsp3) is 0.500. The first-order chi connectivity index (χ1) is 11.8. The van der Waals surface area contributed by atoms with Gasteiger partial charge in [-0.1, -0.05) is 6.07 Å². The Hall–Kier alpha value is -2.44. The SMILES string of the molecule is CC(=O)N1C[C@@H]2C[C@H](NC(=O)c3ccc(C)c(F)c3)CN2C(=O)[C@@H]1C. The molecule has 1 N–H and O–H groups in total. The van der Waals surface area contributed by atoms with Gasteiger partial charge in [-0.15, -0.1) is 0 Å². The molecule has 0 radical (unpaired) electrons. The number of hydrogen-bond donors (Lipinski definition) is 1. The first kappa shape index (κ1) is 17.4. The van der Waals surface area contributed by atoms with E-state index in [0.29, 0.717) is 25.1 Å². The van der Waals surface area contributed by atoms with Crippen molar-refractivity contribution in [1.29, 1.82) is 0 Å². The van der Waals surface area contributed by atoms with Crippen molar-refractivity contribution in [3.05, 3.63) is 35.1 Å². The molecule has 1 aromatic rings. The number of nitrogens with zero attached hydrogens (tertiary/aromatic N) is 2. The number of hydrogen-bond acceptors (Lipinski definition) is 3. The highest BCUT2D eigenvalue weighted by Gasteiger charge is 2.44. The maximum Gasteiger partial charge on any atom is 0.251 e. The second-order valence-electron chi connectivity index (χ2n) is 6.86. The van der Waals surface area contributed by atoms with E-state index in [1.54, 1.807) is 35.8 Å². The number of amides is 3. The minimum absolute atomic E-state index is 0.0901. The largest absolute Gasteiger partial charge is 0.347 e. The second kappa shape index (κ2) is 6.46. The maximum absolute atomic E-state index is 13.6. The fourth-order valence-electron chi connectivity index (χ4n) is 3.63. The summed E-state index contributed by atoms with van der Waals surface area (Å²) in [6, 6.07) is 3.60. The molecule has 2 saturated heterocycles. The topological polar surface area (TPSA) is 69.7 Å². The third-order valence-corrected chi connectivity index (χ3v) is 5.10. The van der Waals surface area contributed by atoms with Gasteiger partial charge in [0.15, 0.2) is 0 Å². The summed E-state index contributed by atoms with van der Waals surface area (Å²) in [5, 5.41) is 2.87. The molecule has 3 atom stereocenters. The number of halogens is 1. The number of rotatable bonds is 2. The molecule has 0 saturated carbocycles. The summed E-state index contributed by atoms with van der Waals surface area (Å²) in [4.78, 5) is 39.8. The van der Waals surface area contributed by atoms with Crippen molar-refractivity contribution in [3.63, 3.8) is 0 Å². The van der Waals surface area contributed by atoms with E-state index in [2.05, 4.69) is 5.32 Å². The molecule has 2 aliphatic rings. The Labute approximate surface area is 146 Å². The van der Waals surface area contributed by atoms with Crippen molar-refractivity contribution in [2.45, 2.75) is 45.3 Å². The van der Waals surface area contributed by atoms with Crippen LogP contribution in [-0.4, -0.2) is 58.7 Å². The van der Waals surface area contributed by atoms with Crippen LogP contribution in [0.25, 0.3) is 0 Å². The van der Waals surface area contributed by atoms with Crippen molar-refractivity contribution in [2.75, 3.05) is 13.1 Å². The number of aryl methyl sites for hydroxylation is 1. The van der Waals surface area contributed by atoms with E-state index < -0.39 is 11.9 Å². The predicted octanol–water partition coefficient (Wildman–Crippen LogP) is 1.08. The summed E-state index contributed by atoms with van der Waals surface area (Å²) in [6.45, 7) is 5.72. The summed E-state index contributed by atoms with van der Waals surface area (Å²) in [6.07, 6.45) is 0.586. The normalized spacial score (nSPS) is 25.8. The first-order valence-corrected chi connectivity index (χ1v) is 8.42. The molecule has 0 bridgehead atoms. The van der Waals surface area contributed by atoms with Crippen LogP contribution in [0, 0.1) is 12.7 Å². The van der Waals surface area contributed by atoms with Gasteiger partial charge in [0.1, 0.15) is 11.9 Å². The molecule has 1 aromatic carbocycles. The van der Waals surface area contributed by atoms with Crippen LogP contribution < -0.4 is 5.32 Å². The molecule has 0 aromatic heterocycles. The molecule has 2 fully saturated rings. The van der Waals surface area contributed by atoms with Crippen LogP contribution in [0.15, 0.2) is 18.2 Å². The van der Waals surface area contributed by atoms with Crippen LogP contribution in [0.5, 0.6) is 0 Å². The fourth-order valence-corrected chi connectivity index (χ4v) is 3.63. The lowest BCUT2D eigenvalue weighted by Gasteiger charge is -2.40. The van der Waals surface area contributed by atoms with Crippen molar-refractivity contribution >= 4 is 17.7 Å². The Balaban J connectivity index is 1.68. The maximum atomic E-state index is 13.6. The van der Waals surface area contributed by atoms with Crippen LogP contribution in [-0.2, 0) is 9.59 Å². The molecule has 0 spiro atoms. The van der Waals surface area contributed by atoms with E-state index in [1.165, 1.54) is 13.0 Å². The molecular weight excluding hydrogens is 325 g/mol. The van der Waals surface area contributed by atoms with Crippen molar-refractivity contribution in [2.24, 2.45) is 0 Å². The van der Waals surface area contributed by atoms with Crippen LogP contribution >= 0.6 is 0 Å². The monoisotopic (exact) mass is 347 g/mol. The van der Waals surface area contributed by atoms with E-state index in [9.17, 15) is 18.8 Å². The molecule has 3 rings (SSSR count). The number of fused-ring (bicyclic) bond motifs is 1. The lowest BCUT2D eigenvalue weighted by Crippen LogP contribution is -2.59. The van der Waals surface area contributed by atoms with Gasteiger partial charge in [-0.3, -0.25) is 14.4 Å². The van der Waals surface area contributed by atoms with Gasteiger partial charge in [0.25, 0.3) is 5.91 Å². The van der Waals surface area contributed by atoms with Gasteiger partial charge in [-0.05, 0) is 38.0 Å². The molecule has 6 nitrogen and oxygen atoms in total. The first-order valence-electron chi connectivity index (χ1n) is 8.42. The highest BCUT2D eigenvalue weighted by Crippen LogP contribution is 2.26. The van der Waals surface area contributed by atoms with Crippen molar-refractivity contribution < 1.29 is 18.8 Å². The average Bonchev–Trinajstić information content (AvgIpc) is 2.96. The molecule has 0 aliphatic carbocycles. The molecule has 134 valence electrons. The second-order valence-corrected chi connectivity index (χ2v) is 6.86. The standard InChI is InChI=1S/C18H22FN3O3/c1-10-4-5-13(6-16(10)19)17(24)20-14-7-15-9-21(12(3)23)11(2)18(25)22(15)8-14/h4-6,11,14-15H,7-9H2,1-3H3,(H,20,24)/t11-,14-,15-/m0/s1. The Bertz CT molecular complexity index is 736. The highest BCUT2D eigenvalue weighted by atomic mass is 19.1. The van der Waals surface area contributed by atoms with Gasteiger partial charge in [-0.25, -0.2) is 4.39 Å². The molecule has 2 heterocycles. The molecule has 3 amide bonds. The molecule has 0 unspecified atom stereocenters. The number of carbonyl (C=O) groups is 3. The Morgan fingerprint density at radius 2 is 2.00 bits per heavy atom. The Kier molecular flexibility index (Phi) is 4.49. The zero-order valence-corrected chi connectivity index (χ0v) is 14.6. The van der Waals surface area contributed by atoms with E-state index in [1.807, 2.05) is 0 Å². The Morgan fingerprint density at radius 1 is 1.28 bits per heavy atom.